The Balaban J connectivity index is 1.60. The molecular weight excluding hydrogens is 334 g/mol. The fraction of sp³-hybridized carbons (Fsp3) is 0.100. The monoisotopic (exact) mass is 351 g/mol. The van der Waals surface area contributed by atoms with E-state index in [1.807, 2.05) is 48.5 Å². The number of anilines is 2. The quantitative estimate of drug-likeness (QED) is 0.689. The maximum absolute atomic E-state index is 12.3. The van der Waals surface area contributed by atoms with E-state index in [9.17, 15) is 4.79 Å². The number of hydrogen-bond donors (Lipinski definition) is 2. The molecule has 4 nitrogen and oxygen atoms in total. The largest absolute Gasteiger partial charge is 0.352 e. The molecule has 0 aliphatic heterocycles. The Morgan fingerprint density at radius 2 is 1.76 bits per heavy atom. The Morgan fingerprint density at radius 1 is 1.00 bits per heavy atom. The van der Waals surface area contributed by atoms with E-state index in [0.29, 0.717) is 22.9 Å². The average Bonchev–Trinajstić information content (AvgIpc) is 2.65. The number of nitrogens with zero attached hydrogens (tertiary/aromatic N) is 1. The highest BCUT2D eigenvalue weighted by molar-refractivity contribution is 6.33. The molecular formula is C20H18ClN3O. The molecule has 2 N–H and O–H groups in total. The van der Waals surface area contributed by atoms with Crippen molar-refractivity contribution in [3.8, 4) is 0 Å². The standard InChI is InChI=1S/C20H18ClN3O/c21-17-8-4-5-9-18(17)24-19-14-16(11-13-22-19)20(25)23-12-10-15-6-2-1-3-7-15/h1-9,11,13-14H,10,12H2,(H,22,24)(H,23,25). The first kappa shape index (κ1) is 17.0. The second-order valence-corrected chi connectivity index (χ2v) is 5.93. The summed E-state index contributed by atoms with van der Waals surface area (Å²) in [7, 11) is 0. The third kappa shape index (κ3) is 4.81. The van der Waals surface area contributed by atoms with Gasteiger partial charge in [0.15, 0.2) is 0 Å². The lowest BCUT2D eigenvalue weighted by Crippen LogP contribution is -2.25. The van der Waals surface area contributed by atoms with Crippen molar-refractivity contribution in [3.05, 3.63) is 89.1 Å². The molecule has 0 atom stereocenters. The van der Waals surface area contributed by atoms with Crippen LogP contribution in [-0.2, 0) is 6.42 Å². The summed E-state index contributed by atoms with van der Waals surface area (Å²) in [6, 6.07) is 20.9. The predicted molar refractivity (Wildman–Crippen MR) is 101 cm³/mol. The van der Waals surface area contributed by atoms with Crippen LogP contribution in [-0.4, -0.2) is 17.4 Å². The summed E-state index contributed by atoms with van der Waals surface area (Å²) in [5.74, 6) is 0.448. The summed E-state index contributed by atoms with van der Waals surface area (Å²) in [4.78, 5) is 16.6. The molecule has 0 bridgehead atoms. The van der Waals surface area contributed by atoms with Crippen LogP contribution in [0.15, 0.2) is 72.9 Å². The van der Waals surface area contributed by atoms with Crippen molar-refractivity contribution in [2.45, 2.75) is 6.42 Å². The zero-order valence-corrected chi connectivity index (χ0v) is 14.3. The number of hydrogen-bond acceptors (Lipinski definition) is 3. The van der Waals surface area contributed by atoms with Crippen LogP contribution in [0.3, 0.4) is 0 Å². The number of amides is 1. The zero-order chi connectivity index (χ0) is 17.5. The molecule has 1 aromatic heterocycles. The first-order chi connectivity index (χ1) is 12.2. The molecule has 2 aromatic carbocycles. The summed E-state index contributed by atoms with van der Waals surface area (Å²) in [5, 5.41) is 6.65. The number of rotatable bonds is 6. The van der Waals surface area contributed by atoms with E-state index in [1.165, 1.54) is 5.56 Å². The van der Waals surface area contributed by atoms with Gasteiger partial charge < -0.3 is 10.6 Å². The maximum Gasteiger partial charge on any atom is 0.251 e. The van der Waals surface area contributed by atoms with E-state index >= 15 is 0 Å². The first-order valence-electron chi connectivity index (χ1n) is 8.02. The van der Waals surface area contributed by atoms with Crippen LogP contribution in [0.1, 0.15) is 15.9 Å². The van der Waals surface area contributed by atoms with Crippen LogP contribution in [0, 0.1) is 0 Å². The predicted octanol–water partition coefficient (Wildman–Crippen LogP) is 4.45. The molecule has 0 spiro atoms. The molecule has 0 saturated heterocycles. The van der Waals surface area contributed by atoms with Gasteiger partial charge in [-0.15, -0.1) is 0 Å². The minimum Gasteiger partial charge on any atom is -0.352 e. The molecule has 0 unspecified atom stereocenters. The highest BCUT2D eigenvalue weighted by Gasteiger charge is 2.07. The lowest BCUT2D eigenvalue weighted by Gasteiger charge is -2.09. The number of halogens is 1. The first-order valence-corrected chi connectivity index (χ1v) is 8.40. The van der Waals surface area contributed by atoms with Gasteiger partial charge in [-0.2, -0.15) is 0 Å². The summed E-state index contributed by atoms with van der Waals surface area (Å²) >= 11 is 6.13. The third-order valence-corrected chi connectivity index (χ3v) is 4.03. The number of pyridine rings is 1. The van der Waals surface area contributed by atoms with Crippen LogP contribution in [0.2, 0.25) is 5.02 Å². The van der Waals surface area contributed by atoms with Gasteiger partial charge in [-0.1, -0.05) is 54.1 Å². The van der Waals surface area contributed by atoms with Crippen LogP contribution in [0.25, 0.3) is 0 Å². The maximum atomic E-state index is 12.3. The molecule has 0 aliphatic carbocycles. The summed E-state index contributed by atoms with van der Waals surface area (Å²) in [6.45, 7) is 0.582. The highest BCUT2D eigenvalue weighted by Crippen LogP contribution is 2.24. The van der Waals surface area contributed by atoms with Crippen molar-refractivity contribution in [2.24, 2.45) is 0 Å². The molecule has 25 heavy (non-hydrogen) atoms. The molecule has 0 radical (unpaired) electrons. The third-order valence-electron chi connectivity index (χ3n) is 3.70. The summed E-state index contributed by atoms with van der Waals surface area (Å²) < 4.78 is 0. The summed E-state index contributed by atoms with van der Waals surface area (Å²) in [6.07, 6.45) is 2.40. The normalized spacial score (nSPS) is 10.3. The fourth-order valence-corrected chi connectivity index (χ4v) is 2.59. The lowest BCUT2D eigenvalue weighted by molar-refractivity contribution is 0.0954. The molecule has 1 heterocycles. The number of nitrogens with one attached hydrogen (secondary N) is 2. The van der Waals surface area contributed by atoms with Crippen LogP contribution >= 0.6 is 11.6 Å². The van der Waals surface area contributed by atoms with Gasteiger partial charge in [0.05, 0.1) is 10.7 Å². The van der Waals surface area contributed by atoms with Crippen molar-refractivity contribution in [3.63, 3.8) is 0 Å². The Labute approximate surface area is 151 Å². The van der Waals surface area contributed by atoms with Gasteiger partial charge >= 0.3 is 0 Å². The SMILES string of the molecule is O=C(NCCc1ccccc1)c1ccnc(Nc2ccccc2Cl)c1. The Hall–Kier alpha value is -2.85. The van der Waals surface area contributed by atoms with E-state index in [4.69, 9.17) is 11.6 Å². The molecule has 0 aliphatic rings. The number of carbonyl (C=O) groups is 1. The van der Waals surface area contributed by atoms with Gasteiger partial charge in [-0.3, -0.25) is 4.79 Å². The van der Waals surface area contributed by atoms with Crippen molar-refractivity contribution in [1.29, 1.82) is 0 Å². The van der Waals surface area contributed by atoms with E-state index in [0.717, 1.165) is 12.1 Å². The molecule has 0 saturated carbocycles. The molecule has 5 heteroatoms. The van der Waals surface area contributed by atoms with E-state index in [1.54, 1.807) is 24.4 Å². The van der Waals surface area contributed by atoms with Gasteiger partial charge in [0.2, 0.25) is 0 Å². The molecule has 3 rings (SSSR count). The van der Waals surface area contributed by atoms with Gasteiger partial charge in [-0.25, -0.2) is 4.98 Å². The van der Waals surface area contributed by atoms with E-state index < -0.39 is 0 Å². The van der Waals surface area contributed by atoms with Gasteiger partial charge in [0, 0.05) is 18.3 Å². The fourth-order valence-electron chi connectivity index (χ4n) is 2.41. The smallest absolute Gasteiger partial charge is 0.251 e. The molecule has 0 fully saturated rings. The van der Waals surface area contributed by atoms with Crippen molar-refractivity contribution < 1.29 is 4.79 Å². The lowest BCUT2D eigenvalue weighted by atomic mass is 10.1. The van der Waals surface area contributed by atoms with E-state index in [-0.39, 0.29) is 5.91 Å². The van der Waals surface area contributed by atoms with Crippen molar-refractivity contribution in [2.75, 3.05) is 11.9 Å². The summed E-state index contributed by atoms with van der Waals surface area (Å²) in [5.41, 5.74) is 2.49. The number of benzene rings is 2. The minimum atomic E-state index is -0.125. The number of para-hydroxylation sites is 1. The number of aromatic nitrogens is 1. The van der Waals surface area contributed by atoms with E-state index in [2.05, 4.69) is 15.6 Å². The van der Waals surface area contributed by atoms with Gasteiger partial charge in [0.25, 0.3) is 5.91 Å². The van der Waals surface area contributed by atoms with Crippen LogP contribution < -0.4 is 10.6 Å². The highest BCUT2D eigenvalue weighted by atomic mass is 35.5. The second kappa shape index (κ2) is 8.31. The van der Waals surface area contributed by atoms with Crippen molar-refractivity contribution >= 4 is 29.0 Å². The Bertz CT molecular complexity index is 852. The molecule has 126 valence electrons. The number of carbonyl (C=O) groups excluding carboxylic acids is 1. The second-order valence-electron chi connectivity index (χ2n) is 5.53. The van der Waals surface area contributed by atoms with Crippen LogP contribution in [0.5, 0.6) is 0 Å². The molecule has 1 amide bonds. The molecule has 3 aromatic rings. The topological polar surface area (TPSA) is 54.0 Å². The Kier molecular flexibility index (Phi) is 5.65. The van der Waals surface area contributed by atoms with Crippen molar-refractivity contribution in [1.82, 2.24) is 10.3 Å². The minimum absolute atomic E-state index is 0.125. The zero-order valence-electron chi connectivity index (χ0n) is 13.6. The van der Waals surface area contributed by atoms with Gasteiger partial charge in [0.1, 0.15) is 5.82 Å². The van der Waals surface area contributed by atoms with Crippen LogP contribution in [0.4, 0.5) is 11.5 Å². The average molecular weight is 352 g/mol. The Morgan fingerprint density at radius 3 is 2.56 bits per heavy atom. The van der Waals surface area contributed by atoms with Gasteiger partial charge in [-0.05, 0) is 36.2 Å².